The quantitative estimate of drug-likeness (QED) is 0.192. The fraction of sp³-hybridized carbons (Fsp3) is 0.857. The van der Waals surface area contributed by atoms with Crippen LogP contribution >= 0.6 is 0 Å². The number of rotatable bonds is 3. The number of hydrogen-bond acceptors (Lipinski definition) is 4. The van der Waals surface area contributed by atoms with E-state index >= 15 is 0 Å². The molecule has 5 nitrogen and oxygen atoms in total. The molecule has 5 heteroatoms. The van der Waals surface area contributed by atoms with Crippen LogP contribution in [0.4, 0.5) is 0 Å². The van der Waals surface area contributed by atoms with Gasteiger partial charge in [-0.05, 0) is 31.8 Å². The average molecular weight is 171 g/mol. The Bertz CT molecular complexity index is 150. The first-order valence-electron chi connectivity index (χ1n) is 4.31. The highest BCUT2D eigenvalue weighted by atomic mass is 15.5. The second kappa shape index (κ2) is 4.95. The predicted octanol–water partition coefficient (Wildman–Crippen LogP) is -0.888. The molecule has 0 spiro atoms. The molecule has 0 radical (unpaired) electrons. The van der Waals surface area contributed by atoms with Gasteiger partial charge in [0.1, 0.15) is 5.84 Å². The Morgan fingerprint density at radius 2 is 2.17 bits per heavy atom. The van der Waals surface area contributed by atoms with Crippen molar-refractivity contribution < 1.29 is 0 Å². The summed E-state index contributed by atoms with van der Waals surface area (Å²) in [6.07, 6.45) is 3.22. The molecule has 12 heavy (non-hydrogen) atoms. The van der Waals surface area contributed by atoms with Crippen molar-refractivity contribution in [3.05, 3.63) is 0 Å². The number of amidine groups is 1. The molecular weight excluding hydrogens is 154 g/mol. The fourth-order valence-corrected chi connectivity index (χ4v) is 1.51. The SMILES string of the molecule is NN/N=C(\N)CC1CCNCC1. The number of hydrazone groups is 1. The largest absolute Gasteiger partial charge is 0.386 e. The first-order valence-corrected chi connectivity index (χ1v) is 4.31. The van der Waals surface area contributed by atoms with E-state index in [0.717, 1.165) is 19.5 Å². The maximum absolute atomic E-state index is 5.60. The normalized spacial score (nSPS) is 20.9. The molecule has 0 unspecified atom stereocenters. The maximum atomic E-state index is 5.60. The van der Waals surface area contributed by atoms with Crippen LogP contribution < -0.4 is 22.4 Å². The van der Waals surface area contributed by atoms with Crippen LogP contribution in [0.5, 0.6) is 0 Å². The number of nitrogens with zero attached hydrogens (tertiary/aromatic N) is 1. The molecular formula is C7H17N5. The number of hydrazine groups is 1. The van der Waals surface area contributed by atoms with E-state index in [1.54, 1.807) is 0 Å². The second-order valence-electron chi connectivity index (χ2n) is 3.13. The van der Waals surface area contributed by atoms with E-state index in [1.165, 1.54) is 12.8 Å². The van der Waals surface area contributed by atoms with E-state index < -0.39 is 0 Å². The van der Waals surface area contributed by atoms with Gasteiger partial charge in [-0.2, -0.15) is 5.10 Å². The van der Waals surface area contributed by atoms with Crippen molar-refractivity contribution in [2.75, 3.05) is 13.1 Å². The lowest BCUT2D eigenvalue weighted by Gasteiger charge is -2.21. The minimum Gasteiger partial charge on any atom is -0.386 e. The molecule has 1 fully saturated rings. The van der Waals surface area contributed by atoms with Gasteiger partial charge in [0.15, 0.2) is 0 Å². The maximum Gasteiger partial charge on any atom is 0.121 e. The first kappa shape index (κ1) is 9.28. The van der Waals surface area contributed by atoms with Crippen LogP contribution in [0.3, 0.4) is 0 Å². The summed E-state index contributed by atoms with van der Waals surface area (Å²) >= 11 is 0. The number of nitrogens with one attached hydrogen (secondary N) is 2. The van der Waals surface area contributed by atoms with E-state index in [9.17, 15) is 0 Å². The lowest BCUT2D eigenvalue weighted by atomic mass is 9.94. The van der Waals surface area contributed by atoms with Crippen molar-refractivity contribution in [1.29, 1.82) is 0 Å². The highest BCUT2D eigenvalue weighted by molar-refractivity contribution is 5.80. The molecule has 0 saturated carbocycles. The zero-order valence-electron chi connectivity index (χ0n) is 7.21. The summed E-state index contributed by atoms with van der Waals surface area (Å²) in [6.45, 7) is 2.18. The summed E-state index contributed by atoms with van der Waals surface area (Å²) in [5, 5.41) is 7.02. The van der Waals surface area contributed by atoms with E-state index in [0.29, 0.717) is 11.8 Å². The van der Waals surface area contributed by atoms with E-state index in [-0.39, 0.29) is 0 Å². The number of hydrogen-bond donors (Lipinski definition) is 4. The smallest absolute Gasteiger partial charge is 0.121 e. The molecule has 0 atom stereocenters. The Labute approximate surface area is 72.5 Å². The Balaban J connectivity index is 2.24. The monoisotopic (exact) mass is 171 g/mol. The van der Waals surface area contributed by atoms with Crippen LogP contribution in [0.25, 0.3) is 0 Å². The summed E-state index contributed by atoms with van der Waals surface area (Å²) in [4.78, 5) is 0. The van der Waals surface area contributed by atoms with Gasteiger partial charge in [0.05, 0.1) is 0 Å². The van der Waals surface area contributed by atoms with Crippen LogP contribution in [0, 0.1) is 5.92 Å². The van der Waals surface area contributed by atoms with Gasteiger partial charge in [-0.15, -0.1) is 0 Å². The minimum atomic E-state index is 0.601. The zero-order valence-corrected chi connectivity index (χ0v) is 7.21. The number of piperidine rings is 1. The Hall–Kier alpha value is -0.810. The van der Waals surface area contributed by atoms with Crippen LogP contribution in [0.1, 0.15) is 19.3 Å². The molecule has 0 aliphatic carbocycles. The average Bonchev–Trinajstić information content (AvgIpc) is 2.06. The Kier molecular flexibility index (Phi) is 3.83. The van der Waals surface area contributed by atoms with Gasteiger partial charge in [0.25, 0.3) is 0 Å². The molecule has 0 aromatic rings. The van der Waals surface area contributed by atoms with Crippen LogP contribution in [-0.4, -0.2) is 18.9 Å². The highest BCUT2D eigenvalue weighted by Gasteiger charge is 2.13. The van der Waals surface area contributed by atoms with E-state index in [1.807, 2.05) is 0 Å². The molecule has 1 rings (SSSR count). The molecule has 1 saturated heterocycles. The van der Waals surface area contributed by atoms with Crippen LogP contribution in [-0.2, 0) is 0 Å². The summed E-state index contributed by atoms with van der Waals surface area (Å²) in [7, 11) is 0. The molecule has 0 amide bonds. The molecule has 0 aromatic heterocycles. The summed E-state index contributed by atoms with van der Waals surface area (Å²) in [5.74, 6) is 6.28. The standard InChI is InChI=1S/C7H17N5/c8-7(11-12-9)5-6-1-3-10-4-2-6/h6,10,12H,1-5,9H2,(H2,8,11). The molecule has 70 valence electrons. The number of nitrogens with two attached hydrogens (primary N) is 2. The molecule has 1 aliphatic rings. The van der Waals surface area contributed by atoms with E-state index in [2.05, 4.69) is 16.0 Å². The highest BCUT2D eigenvalue weighted by Crippen LogP contribution is 2.14. The summed E-state index contributed by atoms with van der Waals surface area (Å²) in [5.41, 5.74) is 7.81. The van der Waals surface area contributed by atoms with Crippen molar-refractivity contribution in [2.24, 2.45) is 22.6 Å². The molecule has 6 N–H and O–H groups in total. The lowest BCUT2D eigenvalue weighted by molar-refractivity contribution is 0.383. The van der Waals surface area contributed by atoms with Crippen LogP contribution in [0.15, 0.2) is 5.10 Å². The van der Waals surface area contributed by atoms with Gasteiger partial charge in [-0.1, -0.05) is 0 Å². The summed E-state index contributed by atoms with van der Waals surface area (Å²) < 4.78 is 0. The van der Waals surface area contributed by atoms with Gasteiger partial charge >= 0.3 is 0 Å². The first-order chi connectivity index (χ1) is 5.83. The fourth-order valence-electron chi connectivity index (χ4n) is 1.51. The molecule has 0 aromatic carbocycles. The molecule has 0 bridgehead atoms. The topological polar surface area (TPSA) is 88.5 Å². The van der Waals surface area contributed by atoms with Gasteiger partial charge < -0.3 is 11.1 Å². The van der Waals surface area contributed by atoms with Crippen molar-refractivity contribution in [2.45, 2.75) is 19.3 Å². The van der Waals surface area contributed by atoms with Gasteiger partial charge in [0.2, 0.25) is 0 Å². The van der Waals surface area contributed by atoms with Crippen molar-refractivity contribution in [3.63, 3.8) is 0 Å². The Morgan fingerprint density at radius 1 is 1.50 bits per heavy atom. The Morgan fingerprint density at radius 3 is 2.75 bits per heavy atom. The third-order valence-electron chi connectivity index (χ3n) is 2.16. The predicted molar refractivity (Wildman–Crippen MR) is 49.2 cm³/mol. The van der Waals surface area contributed by atoms with E-state index in [4.69, 9.17) is 11.6 Å². The molecule has 1 aliphatic heterocycles. The van der Waals surface area contributed by atoms with Gasteiger partial charge in [0, 0.05) is 6.42 Å². The molecule has 1 heterocycles. The van der Waals surface area contributed by atoms with Crippen LogP contribution in [0.2, 0.25) is 0 Å². The third-order valence-corrected chi connectivity index (χ3v) is 2.16. The van der Waals surface area contributed by atoms with Crippen molar-refractivity contribution in [3.8, 4) is 0 Å². The third kappa shape index (κ3) is 3.06. The van der Waals surface area contributed by atoms with Gasteiger partial charge in [-0.3, -0.25) is 0 Å². The zero-order chi connectivity index (χ0) is 8.81. The minimum absolute atomic E-state index is 0.601. The summed E-state index contributed by atoms with van der Waals surface area (Å²) in [6, 6.07) is 0. The second-order valence-corrected chi connectivity index (χ2v) is 3.13. The van der Waals surface area contributed by atoms with Crippen molar-refractivity contribution >= 4 is 5.84 Å². The lowest BCUT2D eigenvalue weighted by Crippen LogP contribution is -2.31. The van der Waals surface area contributed by atoms with Gasteiger partial charge in [-0.25, -0.2) is 11.4 Å². The van der Waals surface area contributed by atoms with Crippen molar-refractivity contribution in [1.82, 2.24) is 10.9 Å².